The molecule has 0 aliphatic carbocycles. The van der Waals surface area contributed by atoms with Crippen LogP contribution in [0.15, 0.2) is 72.8 Å². The third kappa shape index (κ3) is 10.3. The average molecular weight is 733 g/mol. The van der Waals surface area contributed by atoms with Crippen molar-refractivity contribution in [3.8, 4) is 11.5 Å². The van der Waals surface area contributed by atoms with Gasteiger partial charge in [0, 0.05) is 38.1 Å². The van der Waals surface area contributed by atoms with Gasteiger partial charge in [-0.25, -0.2) is 0 Å². The van der Waals surface area contributed by atoms with Gasteiger partial charge in [0.15, 0.2) is 0 Å². The van der Waals surface area contributed by atoms with Gasteiger partial charge in [0.25, 0.3) is 11.8 Å². The van der Waals surface area contributed by atoms with Crippen molar-refractivity contribution in [3.05, 3.63) is 95.1 Å². The van der Waals surface area contributed by atoms with Crippen LogP contribution in [-0.2, 0) is 40.1 Å². The number of rotatable bonds is 20. The molecular formula is C36H50N2O10P2. The van der Waals surface area contributed by atoms with E-state index in [9.17, 15) is 18.7 Å². The number of carbonyl (C=O) groups excluding carboxylic acids is 2. The predicted octanol–water partition coefficient (Wildman–Crippen LogP) is 7.52. The Morgan fingerprint density at radius 1 is 0.580 bits per heavy atom. The van der Waals surface area contributed by atoms with E-state index in [0.717, 1.165) is 11.1 Å². The van der Waals surface area contributed by atoms with E-state index in [1.165, 1.54) is 30.0 Å². The summed E-state index contributed by atoms with van der Waals surface area (Å²) in [6, 6.07) is 20.6. The lowest BCUT2D eigenvalue weighted by Crippen LogP contribution is -2.40. The Balaban J connectivity index is 1.99. The summed E-state index contributed by atoms with van der Waals surface area (Å²) >= 11 is 0. The van der Waals surface area contributed by atoms with Crippen LogP contribution in [0.25, 0.3) is 0 Å². The van der Waals surface area contributed by atoms with Crippen molar-refractivity contribution in [3.63, 3.8) is 0 Å². The van der Waals surface area contributed by atoms with E-state index >= 15 is 0 Å². The van der Waals surface area contributed by atoms with Crippen molar-refractivity contribution < 1.29 is 46.3 Å². The number of amides is 2. The van der Waals surface area contributed by atoms with E-state index < -0.39 is 38.6 Å². The second kappa shape index (κ2) is 19.2. The molecule has 0 saturated heterocycles. The Kier molecular flexibility index (Phi) is 15.7. The van der Waals surface area contributed by atoms with Gasteiger partial charge in [-0.05, 0) is 81.3 Å². The lowest BCUT2D eigenvalue weighted by atomic mass is 10.1. The minimum Gasteiger partial charge on any atom is -0.497 e. The molecule has 50 heavy (non-hydrogen) atoms. The highest BCUT2D eigenvalue weighted by Crippen LogP contribution is 2.56. The smallest absolute Gasteiger partial charge is 0.353 e. The summed E-state index contributed by atoms with van der Waals surface area (Å²) in [5.74, 6) is -1.65. The molecule has 0 aliphatic rings. The fraction of sp³-hybridized carbons (Fsp3) is 0.444. The zero-order valence-corrected chi connectivity index (χ0v) is 32.0. The van der Waals surface area contributed by atoms with Gasteiger partial charge in [-0.1, -0.05) is 30.3 Å². The van der Waals surface area contributed by atoms with Gasteiger partial charge in [0.1, 0.15) is 23.1 Å². The first kappa shape index (κ1) is 40.9. The molecule has 3 rings (SSSR count). The first-order valence-electron chi connectivity index (χ1n) is 16.6. The summed E-state index contributed by atoms with van der Waals surface area (Å²) in [5.41, 5.74) is 1.93. The van der Waals surface area contributed by atoms with Crippen LogP contribution in [-0.4, -0.2) is 87.9 Å². The van der Waals surface area contributed by atoms with Gasteiger partial charge < -0.3 is 37.4 Å². The zero-order chi connectivity index (χ0) is 36.9. The Hall–Kier alpha value is -3.50. The maximum Gasteiger partial charge on any atom is 0.353 e. The normalized spacial score (nSPS) is 13.0. The van der Waals surface area contributed by atoms with Gasteiger partial charge >= 0.3 is 15.2 Å². The third-order valence-corrected chi connectivity index (χ3v) is 13.0. The average Bonchev–Trinajstić information content (AvgIpc) is 3.12. The van der Waals surface area contributed by atoms with Crippen LogP contribution in [0.5, 0.6) is 11.5 Å². The fourth-order valence-corrected chi connectivity index (χ4v) is 9.67. The molecule has 0 N–H and O–H groups in total. The van der Waals surface area contributed by atoms with Gasteiger partial charge in [-0.15, -0.1) is 0 Å². The van der Waals surface area contributed by atoms with Crippen LogP contribution in [0.2, 0.25) is 0 Å². The highest BCUT2D eigenvalue weighted by molar-refractivity contribution is 7.54. The van der Waals surface area contributed by atoms with Crippen molar-refractivity contribution >= 4 is 27.0 Å². The van der Waals surface area contributed by atoms with Crippen molar-refractivity contribution in [1.82, 2.24) is 9.80 Å². The largest absolute Gasteiger partial charge is 0.497 e. The number of benzene rings is 3. The molecular weight excluding hydrogens is 682 g/mol. The Morgan fingerprint density at radius 3 is 1.18 bits per heavy atom. The summed E-state index contributed by atoms with van der Waals surface area (Å²) in [5, 5.41) is 0. The van der Waals surface area contributed by atoms with Crippen LogP contribution in [0.3, 0.4) is 0 Å². The van der Waals surface area contributed by atoms with Crippen LogP contribution >= 0.6 is 15.2 Å². The quantitative estimate of drug-likeness (QED) is 0.108. The molecule has 14 heteroatoms. The molecule has 0 aromatic heterocycles. The summed E-state index contributed by atoms with van der Waals surface area (Å²) in [6.45, 7) is 7.28. The van der Waals surface area contributed by atoms with Crippen molar-refractivity contribution in [2.45, 2.75) is 52.1 Å². The number of methoxy groups -OCH3 is 2. The highest BCUT2D eigenvalue weighted by Gasteiger charge is 2.42. The van der Waals surface area contributed by atoms with E-state index in [1.54, 1.807) is 84.4 Å². The van der Waals surface area contributed by atoms with Gasteiger partial charge in [-0.3, -0.25) is 18.7 Å². The minimum absolute atomic E-state index is 0.111. The molecule has 0 saturated carbocycles. The molecule has 3 aromatic carbocycles. The Morgan fingerprint density at radius 2 is 0.900 bits per heavy atom. The molecule has 0 spiro atoms. The number of ether oxygens (including phenoxy) is 2. The van der Waals surface area contributed by atoms with E-state index in [1.807, 2.05) is 24.3 Å². The number of hydrogen-bond acceptors (Lipinski definition) is 10. The van der Waals surface area contributed by atoms with Crippen molar-refractivity contribution in [1.29, 1.82) is 0 Å². The number of hydrogen-bond donors (Lipinski definition) is 0. The zero-order valence-electron chi connectivity index (χ0n) is 30.2. The molecule has 0 heterocycles. The first-order valence-corrected chi connectivity index (χ1v) is 19.8. The maximum atomic E-state index is 14.2. The Labute approximate surface area is 296 Å². The van der Waals surface area contributed by atoms with E-state index in [0.29, 0.717) is 11.5 Å². The molecule has 0 bridgehead atoms. The first-order chi connectivity index (χ1) is 23.9. The summed E-state index contributed by atoms with van der Waals surface area (Å²) in [6.07, 6.45) is 0.337. The fourth-order valence-electron chi connectivity index (χ4n) is 5.47. The molecule has 0 fully saturated rings. The summed E-state index contributed by atoms with van der Waals surface area (Å²) in [4.78, 5) is 30.9. The number of likely N-dealkylation sites (N-methyl/N-ethyl adjacent to an activating group) is 2. The molecule has 0 aliphatic heterocycles. The standard InChI is InChI=1S/C36H50N2O10P2/c1-9-45-49(41,46-10-2)33(24-27-16-20-31(43-7)21-17-27)37(5)35(39)29-14-13-15-30(26-29)36(40)38(6)34(50(42,47-11-3)48-12-4)25-28-18-22-32(44-8)23-19-28/h13-23,26,33-34H,9-12,24-25H2,1-8H3. The predicted molar refractivity (Wildman–Crippen MR) is 193 cm³/mol. The lowest BCUT2D eigenvalue weighted by Gasteiger charge is -2.34. The molecule has 274 valence electrons. The molecule has 0 radical (unpaired) electrons. The van der Waals surface area contributed by atoms with Gasteiger partial charge in [-0.2, -0.15) is 0 Å². The third-order valence-electron chi connectivity index (χ3n) is 8.01. The van der Waals surface area contributed by atoms with E-state index in [4.69, 9.17) is 27.6 Å². The minimum atomic E-state index is -3.84. The summed E-state index contributed by atoms with van der Waals surface area (Å²) in [7, 11) is -1.48. The van der Waals surface area contributed by atoms with Crippen LogP contribution in [0.1, 0.15) is 59.5 Å². The number of nitrogens with zero attached hydrogens (tertiary/aromatic N) is 2. The van der Waals surface area contributed by atoms with E-state index in [2.05, 4.69) is 0 Å². The second-order valence-electron chi connectivity index (χ2n) is 11.2. The summed E-state index contributed by atoms with van der Waals surface area (Å²) < 4.78 is 61.7. The molecule has 3 aromatic rings. The Bertz CT molecular complexity index is 1500. The van der Waals surface area contributed by atoms with Gasteiger partial charge in [0.2, 0.25) is 0 Å². The highest BCUT2D eigenvalue weighted by atomic mass is 31.2. The SMILES string of the molecule is CCOP(=O)(OCC)C(Cc1ccc(OC)cc1)N(C)C(=O)c1cccc(C(=O)N(C)C(Cc2ccc(OC)cc2)P(=O)(OCC)OCC)c1. The topological polar surface area (TPSA) is 130 Å². The van der Waals surface area contributed by atoms with Crippen LogP contribution < -0.4 is 9.47 Å². The lowest BCUT2D eigenvalue weighted by molar-refractivity contribution is 0.0738. The second-order valence-corrected chi connectivity index (χ2v) is 15.6. The van der Waals surface area contributed by atoms with Crippen LogP contribution in [0, 0.1) is 0 Å². The van der Waals surface area contributed by atoms with Crippen LogP contribution in [0.4, 0.5) is 0 Å². The molecule has 12 nitrogen and oxygen atoms in total. The maximum absolute atomic E-state index is 14.2. The molecule has 2 unspecified atom stereocenters. The number of carbonyl (C=O) groups is 2. The van der Waals surface area contributed by atoms with Crippen molar-refractivity contribution in [2.24, 2.45) is 0 Å². The van der Waals surface area contributed by atoms with Crippen molar-refractivity contribution in [2.75, 3.05) is 54.7 Å². The molecule has 2 amide bonds. The molecule has 2 atom stereocenters. The van der Waals surface area contributed by atoms with Gasteiger partial charge in [0.05, 0.1) is 40.6 Å². The van der Waals surface area contributed by atoms with E-state index in [-0.39, 0.29) is 50.4 Å². The monoisotopic (exact) mass is 732 g/mol.